The Morgan fingerprint density at radius 2 is 2.08 bits per heavy atom. The Kier molecular flexibility index (Phi) is 7.26. The van der Waals surface area contributed by atoms with Crippen molar-refractivity contribution in [2.24, 2.45) is 0 Å². The van der Waals surface area contributed by atoms with Gasteiger partial charge in [-0.05, 0) is 31.5 Å². The van der Waals surface area contributed by atoms with E-state index >= 15 is 0 Å². The molecule has 1 aliphatic rings. The third kappa shape index (κ3) is 5.11. The van der Waals surface area contributed by atoms with Crippen LogP contribution in [-0.4, -0.2) is 45.3 Å². The number of benzene rings is 1. The number of ether oxygens (including phenoxy) is 2. The van der Waals surface area contributed by atoms with Gasteiger partial charge in [-0.2, -0.15) is 0 Å². The zero-order valence-corrected chi connectivity index (χ0v) is 16.1. The van der Waals surface area contributed by atoms with Crippen LogP contribution in [0.3, 0.4) is 0 Å². The minimum absolute atomic E-state index is 0.0377. The molecule has 7 nitrogen and oxygen atoms in total. The van der Waals surface area contributed by atoms with Gasteiger partial charge in [-0.3, -0.25) is 10.1 Å². The van der Waals surface area contributed by atoms with Crippen molar-refractivity contribution in [3.63, 3.8) is 0 Å². The number of imide groups is 1. The van der Waals surface area contributed by atoms with Gasteiger partial charge < -0.3 is 19.7 Å². The van der Waals surface area contributed by atoms with Crippen LogP contribution in [0.2, 0.25) is 0 Å². The van der Waals surface area contributed by atoms with E-state index in [1.165, 1.54) is 0 Å². The van der Waals surface area contributed by atoms with Gasteiger partial charge in [-0.1, -0.05) is 6.92 Å². The summed E-state index contributed by atoms with van der Waals surface area (Å²) in [5.41, 5.74) is 1.04. The maximum Gasteiger partial charge on any atom is 0.321 e. The molecule has 1 fully saturated rings. The topological polar surface area (TPSA) is 81.1 Å². The molecule has 7 heteroatoms. The van der Waals surface area contributed by atoms with Gasteiger partial charge in [0.15, 0.2) is 6.54 Å². The average Bonchev–Trinajstić information content (AvgIpc) is 3.08. The van der Waals surface area contributed by atoms with Gasteiger partial charge in [0.25, 0.3) is 5.91 Å². The maximum atomic E-state index is 12.3. The molecule has 0 aromatic heterocycles. The first-order chi connectivity index (χ1) is 12.5. The summed E-state index contributed by atoms with van der Waals surface area (Å²) >= 11 is 0. The molecule has 0 radical (unpaired) electrons. The average molecular weight is 364 g/mol. The molecule has 0 aliphatic carbocycles. The van der Waals surface area contributed by atoms with Crippen LogP contribution < -0.4 is 25.0 Å². The zero-order chi connectivity index (χ0) is 19.1. The van der Waals surface area contributed by atoms with Gasteiger partial charge in [-0.15, -0.1) is 0 Å². The van der Waals surface area contributed by atoms with E-state index in [1.54, 1.807) is 14.2 Å². The highest BCUT2D eigenvalue weighted by atomic mass is 16.5. The standard InChI is InChI=1S/C19H29N3O4/c1-5-13(2)20-19(24)21-18(23)12-22-10-6-7-16(22)15-11-14(25-3)8-9-17(15)26-4/h8-9,11,13,16H,5-7,10,12H2,1-4H3,(H2,20,21,23,24)/p+1/t13-,16+/m0/s1. The summed E-state index contributed by atoms with van der Waals surface area (Å²) in [7, 11) is 3.28. The number of hydrogen-bond acceptors (Lipinski definition) is 4. The Morgan fingerprint density at radius 3 is 2.73 bits per heavy atom. The summed E-state index contributed by atoms with van der Waals surface area (Å²) in [6.07, 6.45) is 2.80. The van der Waals surface area contributed by atoms with Gasteiger partial charge in [-0.25, -0.2) is 4.79 Å². The molecule has 1 aliphatic heterocycles. The fourth-order valence-electron chi connectivity index (χ4n) is 3.35. The Labute approximate surface area is 155 Å². The zero-order valence-electron chi connectivity index (χ0n) is 16.1. The van der Waals surface area contributed by atoms with Crippen molar-refractivity contribution in [2.75, 3.05) is 27.3 Å². The smallest absolute Gasteiger partial charge is 0.321 e. The fourth-order valence-corrected chi connectivity index (χ4v) is 3.35. The second-order valence-electron chi connectivity index (χ2n) is 6.72. The van der Waals surface area contributed by atoms with E-state index in [2.05, 4.69) is 10.6 Å². The van der Waals surface area contributed by atoms with Gasteiger partial charge in [0.05, 0.1) is 26.3 Å². The van der Waals surface area contributed by atoms with Crippen LogP contribution in [0.15, 0.2) is 18.2 Å². The number of carbonyl (C=O) groups is 2. The fraction of sp³-hybridized carbons (Fsp3) is 0.579. The summed E-state index contributed by atoms with van der Waals surface area (Å²) in [4.78, 5) is 25.3. The van der Waals surface area contributed by atoms with E-state index in [1.807, 2.05) is 32.0 Å². The molecule has 0 saturated carbocycles. The highest BCUT2D eigenvalue weighted by molar-refractivity contribution is 5.94. The summed E-state index contributed by atoms with van der Waals surface area (Å²) in [5, 5.41) is 5.17. The van der Waals surface area contributed by atoms with Gasteiger partial charge in [0.1, 0.15) is 17.5 Å². The molecule has 1 heterocycles. The number of likely N-dealkylation sites (tertiary alicyclic amines) is 1. The van der Waals surface area contributed by atoms with E-state index in [0.29, 0.717) is 0 Å². The highest BCUT2D eigenvalue weighted by Crippen LogP contribution is 2.31. The molecule has 26 heavy (non-hydrogen) atoms. The minimum atomic E-state index is -0.432. The maximum absolute atomic E-state index is 12.3. The second kappa shape index (κ2) is 9.43. The van der Waals surface area contributed by atoms with E-state index < -0.39 is 6.03 Å². The predicted molar refractivity (Wildman–Crippen MR) is 98.6 cm³/mol. The van der Waals surface area contributed by atoms with Crippen LogP contribution >= 0.6 is 0 Å². The Morgan fingerprint density at radius 1 is 1.31 bits per heavy atom. The summed E-state index contributed by atoms with van der Waals surface area (Å²) < 4.78 is 10.8. The van der Waals surface area contributed by atoms with Crippen molar-refractivity contribution < 1.29 is 24.0 Å². The lowest BCUT2D eigenvalue weighted by molar-refractivity contribution is -0.910. The quantitative estimate of drug-likeness (QED) is 0.676. The van der Waals surface area contributed by atoms with Crippen molar-refractivity contribution in [3.8, 4) is 11.5 Å². The lowest BCUT2D eigenvalue weighted by Crippen LogP contribution is -3.11. The molecular formula is C19H30N3O4+. The van der Waals surface area contributed by atoms with Crippen LogP contribution in [0.25, 0.3) is 0 Å². The van der Waals surface area contributed by atoms with Crippen molar-refractivity contribution in [3.05, 3.63) is 23.8 Å². The van der Waals surface area contributed by atoms with Crippen LogP contribution in [0.4, 0.5) is 4.79 Å². The van der Waals surface area contributed by atoms with Crippen molar-refractivity contribution >= 4 is 11.9 Å². The predicted octanol–water partition coefficient (Wildman–Crippen LogP) is 1.05. The van der Waals surface area contributed by atoms with E-state index in [4.69, 9.17) is 9.47 Å². The van der Waals surface area contributed by atoms with Crippen molar-refractivity contribution in [1.29, 1.82) is 0 Å². The molecule has 144 valence electrons. The molecular weight excluding hydrogens is 334 g/mol. The first-order valence-electron chi connectivity index (χ1n) is 9.15. The summed E-state index contributed by atoms with van der Waals surface area (Å²) in [6, 6.07) is 5.48. The largest absolute Gasteiger partial charge is 0.497 e. The molecule has 1 aromatic rings. The number of methoxy groups -OCH3 is 2. The van der Waals surface area contributed by atoms with Crippen LogP contribution in [-0.2, 0) is 4.79 Å². The van der Waals surface area contributed by atoms with Crippen LogP contribution in [0.5, 0.6) is 11.5 Å². The van der Waals surface area contributed by atoms with Gasteiger partial charge in [0, 0.05) is 18.9 Å². The first-order valence-corrected chi connectivity index (χ1v) is 9.15. The lowest BCUT2D eigenvalue weighted by atomic mass is 10.0. The number of carbonyl (C=O) groups excluding carboxylic acids is 2. The highest BCUT2D eigenvalue weighted by Gasteiger charge is 2.34. The monoisotopic (exact) mass is 364 g/mol. The number of nitrogens with one attached hydrogen (secondary N) is 3. The number of quaternary nitrogens is 1. The van der Waals surface area contributed by atoms with E-state index in [9.17, 15) is 9.59 Å². The Balaban J connectivity index is 2.04. The molecule has 1 aromatic carbocycles. The molecule has 3 atom stereocenters. The number of amides is 3. The molecule has 2 rings (SSSR count). The SMILES string of the molecule is CC[C@H](C)NC(=O)NC(=O)C[NH+]1CCC[C@@H]1c1cc(OC)ccc1OC. The molecule has 3 N–H and O–H groups in total. The van der Waals surface area contributed by atoms with Gasteiger partial charge >= 0.3 is 6.03 Å². The number of hydrogen-bond donors (Lipinski definition) is 3. The molecule has 0 spiro atoms. The van der Waals surface area contributed by atoms with E-state index in [0.717, 1.165) is 47.8 Å². The van der Waals surface area contributed by atoms with Crippen LogP contribution in [0, 0.1) is 0 Å². The molecule has 1 unspecified atom stereocenters. The summed E-state index contributed by atoms with van der Waals surface area (Å²) in [5.74, 6) is 1.30. The summed E-state index contributed by atoms with van der Waals surface area (Å²) in [6.45, 7) is 5.01. The van der Waals surface area contributed by atoms with Gasteiger partial charge in [0.2, 0.25) is 0 Å². The van der Waals surface area contributed by atoms with Crippen LogP contribution in [0.1, 0.15) is 44.7 Å². The number of rotatable bonds is 7. The minimum Gasteiger partial charge on any atom is -0.497 e. The third-order valence-electron chi connectivity index (χ3n) is 4.93. The normalized spacial score (nSPS) is 20.3. The molecule has 0 bridgehead atoms. The number of urea groups is 1. The van der Waals surface area contributed by atoms with Crippen molar-refractivity contribution in [1.82, 2.24) is 10.6 Å². The first kappa shape index (κ1) is 20.0. The Bertz CT molecular complexity index is 635. The van der Waals surface area contributed by atoms with Crippen molar-refractivity contribution in [2.45, 2.75) is 45.2 Å². The Hall–Kier alpha value is -2.28. The molecule has 1 saturated heterocycles. The second-order valence-corrected chi connectivity index (χ2v) is 6.72. The lowest BCUT2D eigenvalue weighted by Gasteiger charge is -2.23. The third-order valence-corrected chi connectivity index (χ3v) is 4.93. The molecule has 3 amide bonds. The van der Waals surface area contributed by atoms with E-state index in [-0.39, 0.29) is 24.5 Å².